The number of amides is 2. The van der Waals surface area contributed by atoms with Gasteiger partial charge in [-0.3, -0.25) is 25.1 Å². The first-order chi connectivity index (χ1) is 12.1. The molecule has 0 bridgehead atoms. The fourth-order valence-electron chi connectivity index (χ4n) is 2.17. The number of aromatic amines is 1. The van der Waals surface area contributed by atoms with Gasteiger partial charge in [0.15, 0.2) is 0 Å². The third kappa shape index (κ3) is 4.47. The Hall–Kier alpha value is -3.55. The number of aromatic nitrogens is 4. The highest BCUT2D eigenvalue weighted by Crippen LogP contribution is 2.13. The Morgan fingerprint density at radius 3 is 2.68 bits per heavy atom. The largest absolute Gasteiger partial charge is 0.334 e. The highest BCUT2D eigenvalue weighted by molar-refractivity contribution is 5.87. The van der Waals surface area contributed by atoms with Gasteiger partial charge in [-0.2, -0.15) is 0 Å². The van der Waals surface area contributed by atoms with E-state index in [1.807, 2.05) is 30.3 Å². The van der Waals surface area contributed by atoms with Crippen LogP contribution in [0, 0.1) is 6.92 Å². The van der Waals surface area contributed by atoms with Gasteiger partial charge in [0.25, 0.3) is 5.56 Å². The zero-order valence-electron chi connectivity index (χ0n) is 13.5. The zero-order valence-corrected chi connectivity index (χ0v) is 13.5. The molecule has 0 fully saturated rings. The van der Waals surface area contributed by atoms with Crippen molar-refractivity contribution in [1.82, 2.24) is 25.3 Å². The van der Waals surface area contributed by atoms with Crippen LogP contribution in [0.5, 0.6) is 0 Å². The molecule has 8 heteroatoms. The molecule has 0 aliphatic carbocycles. The Bertz CT molecular complexity index is 922. The van der Waals surface area contributed by atoms with Gasteiger partial charge in [0.2, 0.25) is 5.95 Å². The molecule has 0 spiro atoms. The van der Waals surface area contributed by atoms with Crippen LogP contribution in [0.1, 0.15) is 11.3 Å². The predicted octanol–water partition coefficient (Wildman–Crippen LogP) is 1.86. The van der Waals surface area contributed by atoms with Crippen LogP contribution in [-0.4, -0.2) is 26.0 Å². The fraction of sp³-hybridized carbons (Fsp3) is 0.118. The number of nitrogens with zero attached hydrogens (tertiary/aromatic N) is 3. The maximum Gasteiger partial charge on any atom is 0.321 e. The van der Waals surface area contributed by atoms with Gasteiger partial charge in [-0.25, -0.2) is 9.78 Å². The van der Waals surface area contributed by atoms with E-state index in [1.165, 1.54) is 6.07 Å². The van der Waals surface area contributed by atoms with Crippen molar-refractivity contribution in [3.05, 3.63) is 70.4 Å². The third-order valence-electron chi connectivity index (χ3n) is 3.31. The van der Waals surface area contributed by atoms with Crippen molar-refractivity contribution in [2.24, 2.45) is 0 Å². The molecule has 0 aliphatic heterocycles. The summed E-state index contributed by atoms with van der Waals surface area (Å²) < 4.78 is 0. The van der Waals surface area contributed by atoms with Crippen LogP contribution in [0.4, 0.5) is 10.7 Å². The number of anilines is 1. The molecule has 3 heterocycles. The van der Waals surface area contributed by atoms with E-state index in [1.54, 1.807) is 19.3 Å². The number of urea groups is 1. The summed E-state index contributed by atoms with van der Waals surface area (Å²) in [5.74, 6) is 0.103. The molecule has 0 aliphatic rings. The molecule has 3 rings (SSSR count). The molecule has 25 heavy (non-hydrogen) atoms. The van der Waals surface area contributed by atoms with Crippen LogP contribution >= 0.6 is 0 Å². The van der Waals surface area contributed by atoms with E-state index in [0.29, 0.717) is 5.69 Å². The lowest BCUT2D eigenvalue weighted by Gasteiger charge is -2.07. The summed E-state index contributed by atoms with van der Waals surface area (Å²) in [6.45, 7) is 1.96. The molecule has 3 aromatic heterocycles. The van der Waals surface area contributed by atoms with Crippen molar-refractivity contribution in [2.75, 3.05) is 5.32 Å². The Balaban J connectivity index is 1.58. The molecular formula is C17H16N6O2. The number of H-pyrrole nitrogens is 1. The van der Waals surface area contributed by atoms with Crippen molar-refractivity contribution in [1.29, 1.82) is 0 Å². The molecule has 3 N–H and O–H groups in total. The van der Waals surface area contributed by atoms with Gasteiger partial charge < -0.3 is 5.32 Å². The predicted molar refractivity (Wildman–Crippen MR) is 92.9 cm³/mol. The monoisotopic (exact) mass is 336 g/mol. The number of pyridine rings is 2. The number of rotatable bonds is 4. The molecule has 0 atom stereocenters. The number of aryl methyl sites for hydroxylation is 1. The normalized spacial score (nSPS) is 10.3. The van der Waals surface area contributed by atoms with E-state index >= 15 is 0 Å². The summed E-state index contributed by atoms with van der Waals surface area (Å²) in [6, 6.07) is 10.2. The van der Waals surface area contributed by atoms with E-state index in [9.17, 15) is 9.59 Å². The highest BCUT2D eigenvalue weighted by atomic mass is 16.2. The number of nitrogens with one attached hydrogen (secondary N) is 3. The summed E-state index contributed by atoms with van der Waals surface area (Å²) in [4.78, 5) is 38.3. The molecule has 0 saturated heterocycles. The Labute approximate surface area is 143 Å². The standard InChI is InChI=1S/C17H16N6O2/c1-11-8-15(24)22-16(21-11)23-17(25)20-10-12-5-6-14(19-9-12)13-4-2-3-7-18-13/h2-9H,10H2,1H3,(H3,20,21,22,23,24,25). The van der Waals surface area contributed by atoms with E-state index < -0.39 is 6.03 Å². The van der Waals surface area contributed by atoms with Gasteiger partial charge in [-0.1, -0.05) is 12.1 Å². The van der Waals surface area contributed by atoms with Crippen LogP contribution in [0.15, 0.2) is 53.6 Å². The maximum absolute atomic E-state index is 11.9. The van der Waals surface area contributed by atoms with Crippen LogP contribution in [-0.2, 0) is 6.54 Å². The van der Waals surface area contributed by atoms with E-state index in [0.717, 1.165) is 17.0 Å². The first-order valence-corrected chi connectivity index (χ1v) is 7.59. The molecule has 0 unspecified atom stereocenters. The minimum Gasteiger partial charge on any atom is -0.334 e. The Morgan fingerprint density at radius 1 is 1.16 bits per heavy atom. The summed E-state index contributed by atoms with van der Waals surface area (Å²) in [5, 5.41) is 5.16. The van der Waals surface area contributed by atoms with Gasteiger partial charge in [-0.05, 0) is 30.7 Å². The Morgan fingerprint density at radius 2 is 2.00 bits per heavy atom. The van der Waals surface area contributed by atoms with Crippen molar-refractivity contribution >= 4 is 12.0 Å². The number of carbonyl (C=O) groups excluding carboxylic acids is 1. The second kappa shape index (κ2) is 7.35. The second-order valence-corrected chi connectivity index (χ2v) is 5.31. The molecule has 0 saturated carbocycles. The number of carbonyl (C=O) groups is 1. The van der Waals surface area contributed by atoms with Crippen molar-refractivity contribution in [2.45, 2.75) is 13.5 Å². The lowest BCUT2D eigenvalue weighted by atomic mass is 10.2. The van der Waals surface area contributed by atoms with Gasteiger partial charge in [-0.15, -0.1) is 0 Å². The lowest BCUT2D eigenvalue weighted by Crippen LogP contribution is -2.30. The summed E-state index contributed by atoms with van der Waals surface area (Å²) in [5.41, 5.74) is 2.58. The van der Waals surface area contributed by atoms with E-state index in [2.05, 4.69) is 30.6 Å². The maximum atomic E-state index is 11.9. The van der Waals surface area contributed by atoms with Gasteiger partial charge in [0.1, 0.15) is 0 Å². The fourth-order valence-corrected chi connectivity index (χ4v) is 2.17. The van der Waals surface area contributed by atoms with E-state index in [4.69, 9.17) is 0 Å². The second-order valence-electron chi connectivity index (χ2n) is 5.31. The highest BCUT2D eigenvalue weighted by Gasteiger charge is 2.05. The lowest BCUT2D eigenvalue weighted by molar-refractivity contribution is 0.251. The average Bonchev–Trinajstić information content (AvgIpc) is 2.60. The number of hydrogen-bond donors (Lipinski definition) is 3. The smallest absolute Gasteiger partial charge is 0.321 e. The molecular weight excluding hydrogens is 320 g/mol. The minimum atomic E-state index is -0.470. The van der Waals surface area contributed by atoms with Gasteiger partial charge >= 0.3 is 6.03 Å². The van der Waals surface area contributed by atoms with Gasteiger partial charge in [0.05, 0.1) is 11.4 Å². The number of hydrogen-bond acceptors (Lipinski definition) is 5. The van der Waals surface area contributed by atoms with Crippen molar-refractivity contribution < 1.29 is 4.79 Å². The topological polar surface area (TPSA) is 113 Å². The molecule has 3 aromatic rings. The van der Waals surface area contributed by atoms with Crippen molar-refractivity contribution in [3.63, 3.8) is 0 Å². The van der Waals surface area contributed by atoms with Crippen molar-refractivity contribution in [3.8, 4) is 11.4 Å². The van der Waals surface area contributed by atoms with Crippen LogP contribution in [0.25, 0.3) is 11.4 Å². The first kappa shape index (κ1) is 16.3. The minimum absolute atomic E-state index is 0.103. The van der Waals surface area contributed by atoms with Crippen LogP contribution in [0.3, 0.4) is 0 Å². The molecule has 126 valence electrons. The van der Waals surface area contributed by atoms with Gasteiger partial charge in [0, 0.05) is 30.7 Å². The van der Waals surface area contributed by atoms with Crippen LogP contribution in [0.2, 0.25) is 0 Å². The molecule has 0 radical (unpaired) electrons. The summed E-state index contributed by atoms with van der Waals surface area (Å²) in [6.07, 6.45) is 3.39. The third-order valence-corrected chi connectivity index (χ3v) is 3.31. The first-order valence-electron chi connectivity index (χ1n) is 7.59. The van der Waals surface area contributed by atoms with Crippen LogP contribution < -0.4 is 16.2 Å². The molecule has 0 aromatic carbocycles. The molecule has 8 nitrogen and oxygen atoms in total. The average molecular weight is 336 g/mol. The van der Waals surface area contributed by atoms with E-state index in [-0.39, 0.29) is 18.1 Å². The SMILES string of the molecule is Cc1cc(=O)[nH]c(NC(=O)NCc2ccc(-c3ccccn3)nc2)n1. The molecule has 2 amide bonds. The summed E-state index contributed by atoms with van der Waals surface area (Å²) in [7, 11) is 0. The summed E-state index contributed by atoms with van der Waals surface area (Å²) >= 11 is 0. The Kier molecular flexibility index (Phi) is 4.79. The zero-order chi connectivity index (χ0) is 17.6. The quantitative estimate of drug-likeness (QED) is 0.673.